The van der Waals surface area contributed by atoms with Crippen molar-refractivity contribution < 1.29 is 4.39 Å². The highest BCUT2D eigenvalue weighted by Gasteiger charge is 2.17. The van der Waals surface area contributed by atoms with E-state index in [-0.39, 0.29) is 11.9 Å². The van der Waals surface area contributed by atoms with Crippen LogP contribution in [0.15, 0.2) is 28.7 Å². The number of hydrogen-bond donors (Lipinski definition) is 1. The molecule has 1 N–H and O–H groups in total. The largest absolute Gasteiger partial charge is 0.309 e. The molecule has 1 heterocycles. The Morgan fingerprint density at radius 2 is 2.05 bits per heavy atom. The highest BCUT2D eigenvalue weighted by atomic mass is 79.9. The van der Waals surface area contributed by atoms with E-state index in [0.717, 1.165) is 23.0 Å². The van der Waals surface area contributed by atoms with Gasteiger partial charge in [-0.15, -0.1) is 11.3 Å². The molecule has 0 aliphatic carbocycles. The zero-order valence-corrected chi connectivity index (χ0v) is 15.1. The molecule has 0 saturated heterocycles. The van der Waals surface area contributed by atoms with Gasteiger partial charge < -0.3 is 5.32 Å². The summed E-state index contributed by atoms with van der Waals surface area (Å²) < 4.78 is 14.9. The van der Waals surface area contributed by atoms with Crippen LogP contribution in [-0.2, 0) is 6.42 Å². The molecule has 1 nitrogen and oxygen atoms in total. The predicted molar refractivity (Wildman–Crippen MR) is 92.6 cm³/mol. The fraction of sp³-hybridized carbons (Fsp3) is 0.412. The highest BCUT2D eigenvalue weighted by Crippen LogP contribution is 2.29. The van der Waals surface area contributed by atoms with Gasteiger partial charge >= 0.3 is 0 Å². The summed E-state index contributed by atoms with van der Waals surface area (Å²) in [4.78, 5) is 2.63. The van der Waals surface area contributed by atoms with E-state index in [4.69, 9.17) is 0 Å². The molecule has 0 saturated carbocycles. The van der Waals surface area contributed by atoms with E-state index in [9.17, 15) is 4.39 Å². The first-order valence-electron chi connectivity index (χ1n) is 7.25. The van der Waals surface area contributed by atoms with Crippen LogP contribution in [0.5, 0.6) is 0 Å². The number of hydrogen-bond acceptors (Lipinski definition) is 2. The van der Waals surface area contributed by atoms with Crippen LogP contribution >= 0.6 is 27.3 Å². The second-order valence-electron chi connectivity index (χ2n) is 5.33. The maximum atomic E-state index is 14.1. The van der Waals surface area contributed by atoms with Gasteiger partial charge in [0.05, 0.1) is 0 Å². The number of halogens is 2. The van der Waals surface area contributed by atoms with Gasteiger partial charge in [-0.25, -0.2) is 4.39 Å². The minimum atomic E-state index is -0.141. The number of nitrogens with one attached hydrogen (secondary N) is 1. The lowest BCUT2D eigenvalue weighted by molar-refractivity contribution is 0.519. The van der Waals surface area contributed by atoms with Gasteiger partial charge in [0, 0.05) is 20.3 Å². The lowest BCUT2D eigenvalue weighted by atomic mass is 10.0. The summed E-state index contributed by atoms with van der Waals surface area (Å²) in [6.07, 6.45) is 1.75. The first-order chi connectivity index (χ1) is 10.0. The van der Waals surface area contributed by atoms with Gasteiger partial charge in [0.1, 0.15) is 5.82 Å². The monoisotopic (exact) mass is 369 g/mol. The van der Waals surface area contributed by atoms with Crippen molar-refractivity contribution in [3.05, 3.63) is 55.4 Å². The van der Waals surface area contributed by atoms with Crippen molar-refractivity contribution in [2.45, 2.75) is 39.7 Å². The molecule has 0 bridgehead atoms. The van der Waals surface area contributed by atoms with E-state index >= 15 is 0 Å². The van der Waals surface area contributed by atoms with Crippen LogP contribution < -0.4 is 5.32 Å². The van der Waals surface area contributed by atoms with E-state index in [0.29, 0.717) is 6.42 Å². The minimum Gasteiger partial charge on any atom is -0.309 e. The van der Waals surface area contributed by atoms with Crippen LogP contribution in [0.25, 0.3) is 0 Å². The molecule has 2 rings (SSSR count). The number of thiophene rings is 1. The van der Waals surface area contributed by atoms with Crippen LogP contribution in [0.2, 0.25) is 0 Å². The molecular weight excluding hydrogens is 349 g/mol. The van der Waals surface area contributed by atoms with Gasteiger partial charge in [0.2, 0.25) is 0 Å². The molecule has 0 aliphatic heterocycles. The van der Waals surface area contributed by atoms with Crippen molar-refractivity contribution in [1.82, 2.24) is 5.32 Å². The molecule has 21 heavy (non-hydrogen) atoms. The molecule has 0 fully saturated rings. The molecule has 0 spiro atoms. The molecule has 1 atom stereocenters. The zero-order chi connectivity index (χ0) is 15.4. The molecule has 114 valence electrons. The van der Waals surface area contributed by atoms with Crippen molar-refractivity contribution in [3.63, 3.8) is 0 Å². The van der Waals surface area contributed by atoms with Crippen molar-refractivity contribution in [2.75, 3.05) is 6.54 Å². The van der Waals surface area contributed by atoms with Crippen molar-refractivity contribution in [1.29, 1.82) is 0 Å². The normalized spacial score (nSPS) is 12.6. The smallest absolute Gasteiger partial charge is 0.127 e. The van der Waals surface area contributed by atoms with Crippen molar-refractivity contribution in [3.8, 4) is 0 Å². The zero-order valence-electron chi connectivity index (χ0n) is 12.7. The van der Waals surface area contributed by atoms with Crippen LogP contribution in [-0.4, -0.2) is 6.54 Å². The van der Waals surface area contributed by atoms with E-state index in [1.54, 1.807) is 11.3 Å². The molecule has 1 aromatic heterocycles. The summed E-state index contributed by atoms with van der Waals surface area (Å²) in [5.74, 6) is -0.141. The number of benzene rings is 1. The molecule has 0 aliphatic rings. The summed E-state index contributed by atoms with van der Waals surface area (Å²) in [6, 6.07) is 7.72. The number of rotatable bonds is 6. The Labute approximate surface area is 138 Å². The van der Waals surface area contributed by atoms with Crippen LogP contribution in [0.3, 0.4) is 0 Å². The summed E-state index contributed by atoms with van der Waals surface area (Å²) in [5.41, 5.74) is 2.07. The van der Waals surface area contributed by atoms with Gasteiger partial charge in [-0.05, 0) is 62.6 Å². The van der Waals surface area contributed by atoms with Crippen LogP contribution in [0.4, 0.5) is 4.39 Å². The lowest BCUT2D eigenvalue weighted by Crippen LogP contribution is -2.23. The predicted octanol–water partition coefficient (Wildman–Crippen LogP) is 5.55. The second-order valence-corrected chi connectivity index (χ2v) is 7.54. The lowest BCUT2D eigenvalue weighted by Gasteiger charge is -2.18. The number of aryl methyl sites for hydroxylation is 2. The average Bonchev–Trinajstić information content (AvgIpc) is 2.77. The topological polar surface area (TPSA) is 12.0 Å². The SMILES string of the molecule is CCCNC(Cc1ccc(Br)cc1F)c1cc(C)c(C)s1. The Bertz CT molecular complexity index is 589. The Balaban J connectivity index is 2.23. The maximum absolute atomic E-state index is 14.1. The standard InChI is InChI=1S/C17H21BrFNS/c1-4-7-20-16(17-8-11(2)12(3)21-17)9-13-5-6-14(18)10-15(13)19/h5-6,8,10,16,20H,4,7,9H2,1-3H3. The van der Waals surface area contributed by atoms with E-state index in [1.165, 1.54) is 21.4 Å². The summed E-state index contributed by atoms with van der Waals surface area (Å²) in [7, 11) is 0. The average molecular weight is 370 g/mol. The first kappa shape index (κ1) is 16.7. The molecule has 4 heteroatoms. The first-order valence-corrected chi connectivity index (χ1v) is 8.86. The third-order valence-electron chi connectivity index (χ3n) is 3.61. The molecule has 0 amide bonds. The Hall–Kier alpha value is -0.710. The van der Waals surface area contributed by atoms with Crippen LogP contribution in [0.1, 0.15) is 40.3 Å². The van der Waals surface area contributed by atoms with Gasteiger partial charge in [0.15, 0.2) is 0 Å². The van der Waals surface area contributed by atoms with E-state index in [1.807, 2.05) is 12.1 Å². The summed E-state index contributed by atoms with van der Waals surface area (Å²) in [5, 5.41) is 3.55. The molecule has 1 unspecified atom stereocenters. The van der Waals surface area contributed by atoms with E-state index in [2.05, 4.69) is 48.1 Å². The second kappa shape index (κ2) is 7.52. The van der Waals surface area contributed by atoms with Crippen molar-refractivity contribution >= 4 is 27.3 Å². The maximum Gasteiger partial charge on any atom is 0.127 e. The fourth-order valence-corrected chi connectivity index (χ4v) is 3.72. The Morgan fingerprint density at radius 3 is 2.62 bits per heavy atom. The third-order valence-corrected chi connectivity index (χ3v) is 5.37. The summed E-state index contributed by atoms with van der Waals surface area (Å²) in [6.45, 7) is 7.36. The Kier molecular flexibility index (Phi) is 5.97. The minimum absolute atomic E-state index is 0.141. The van der Waals surface area contributed by atoms with Gasteiger partial charge in [-0.1, -0.05) is 28.9 Å². The molecular formula is C17H21BrFNS. The Morgan fingerprint density at radius 1 is 1.29 bits per heavy atom. The van der Waals surface area contributed by atoms with Crippen molar-refractivity contribution in [2.24, 2.45) is 0 Å². The van der Waals surface area contributed by atoms with Gasteiger partial charge in [-0.3, -0.25) is 0 Å². The highest BCUT2D eigenvalue weighted by molar-refractivity contribution is 9.10. The van der Waals surface area contributed by atoms with Gasteiger partial charge in [-0.2, -0.15) is 0 Å². The van der Waals surface area contributed by atoms with Gasteiger partial charge in [0.25, 0.3) is 0 Å². The third kappa shape index (κ3) is 4.38. The summed E-state index contributed by atoms with van der Waals surface area (Å²) >= 11 is 5.12. The molecule has 0 radical (unpaired) electrons. The van der Waals surface area contributed by atoms with E-state index < -0.39 is 0 Å². The quantitative estimate of drug-likeness (QED) is 0.703. The fourth-order valence-electron chi connectivity index (χ4n) is 2.27. The van der Waals surface area contributed by atoms with Crippen LogP contribution in [0, 0.1) is 19.7 Å². The molecule has 2 aromatic rings. The molecule has 1 aromatic carbocycles.